The second-order valence-corrected chi connectivity index (χ2v) is 2.50. The number of aromatic nitrogens is 1. The minimum absolute atomic E-state index is 0.199. The van der Waals surface area contributed by atoms with Crippen LogP contribution in [0.3, 0.4) is 0 Å². The molecule has 0 spiro atoms. The van der Waals surface area contributed by atoms with Crippen molar-refractivity contribution in [1.29, 1.82) is 0 Å². The van der Waals surface area contributed by atoms with E-state index in [9.17, 15) is 17.6 Å². The minimum atomic E-state index is -3.09. The number of rotatable bonds is 2. The fraction of sp³-hybridized carbons (Fsp3) is 0.286. The van der Waals surface area contributed by atoms with Gasteiger partial charge in [0, 0.05) is 12.1 Å². The summed E-state index contributed by atoms with van der Waals surface area (Å²) in [5.41, 5.74) is -1.21. The van der Waals surface area contributed by atoms with Gasteiger partial charge in [-0.05, 0) is 5.56 Å². The first kappa shape index (κ1) is 10.2. The first-order valence-corrected chi connectivity index (χ1v) is 3.78. The van der Waals surface area contributed by atoms with Crippen LogP contribution in [0.4, 0.5) is 17.6 Å². The highest BCUT2D eigenvalue weighted by atomic mass is 35.5. The highest BCUT2D eigenvalue weighted by Crippen LogP contribution is 2.27. The van der Waals surface area contributed by atoms with E-state index in [1.165, 1.54) is 0 Å². The minimum Gasteiger partial charge on any atom is -0.225 e. The molecule has 0 atom stereocenters. The molecule has 0 radical (unpaired) electrons. The summed E-state index contributed by atoms with van der Waals surface area (Å²) in [6.07, 6.45) is -2.29. The van der Waals surface area contributed by atoms with Crippen LogP contribution in [0.15, 0.2) is 6.20 Å². The SMILES string of the molecule is Fc1ncc(CCl)c(C(F)F)c1F. The lowest BCUT2D eigenvalue weighted by atomic mass is 10.1. The quantitative estimate of drug-likeness (QED) is 0.418. The molecule has 0 saturated carbocycles. The largest absolute Gasteiger partial charge is 0.267 e. The van der Waals surface area contributed by atoms with Crippen molar-refractivity contribution < 1.29 is 17.6 Å². The molecular weight excluding hydrogens is 210 g/mol. The summed E-state index contributed by atoms with van der Waals surface area (Å²) in [6.45, 7) is 0. The molecule has 0 aliphatic rings. The summed E-state index contributed by atoms with van der Waals surface area (Å²) in [4.78, 5) is 2.93. The van der Waals surface area contributed by atoms with Gasteiger partial charge in [-0.2, -0.15) is 4.39 Å². The number of alkyl halides is 3. The van der Waals surface area contributed by atoms with Gasteiger partial charge in [-0.3, -0.25) is 0 Å². The number of nitrogens with zero attached hydrogens (tertiary/aromatic N) is 1. The standard InChI is InChI=1S/C7H4ClF4N/c8-1-3-2-13-7(12)5(9)4(3)6(10)11/h2,6H,1H2. The van der Waals surface area contributed by atoms with Crippen molar-refractivity contribution in [2.24, 2.45) is 0 Å². The molecule has 6 heteroatoms. The van der Waals surface area contributed by atoms with Crippen LogP contribution in [-0.2, 0) is 5.88 Å². The average Bonchev–Trinajstić information content (AvgIpc) is 2.08. The Bertz CT molecular complexity index is 316. The Morgan fingerprint density at radius 1 is 1.38 bits per heavy atom. The molecule has 0 aromatic carbocycles. The van der Waals surface area contributed by atoms with Crippen molar-refractivity contribution >= 4 is 11.6 Å². The second-order valence-electron chi connectivity index (χ2n) is 2.24. The lowest BCUT2D eigenvalue weighted by Gasteiger charge is -2.06. The number of hydrogen-bond donors (Lipinski definition) is 0. The third kappa shape index (κ3) is 1.91. The van der Waals surface area contributed by atoms with E-state index < -0.39 is 23.8 Å². The van der Waals surface area contributed by atoms with E-state index in [2.05, 4.69) is 4.98 Å². The van der Waals surface area contributed by atoms with Crippen molar-refractivity contribution in [1.82, 2.24) is 4.98 Å². The zero-order valence-electron chi connectivity index (χ0n) is 6.20. The number of hydrogen-bond acceptors (Lipinski definition) is 1. The summed E-state index contributed by atoms with van der Waals surface area (Å²) in [5, 5.41) is 0. The molecule has 0 bridgehead atoms. The molecule has 1 aromatic rings. The molecule has 1 aromatic heterocycles. The molecular formula is C7H4ClF4N. The molecule has 0 unspecified atom stereocenters. The maximum absolute atomic E-state index is 12.7. The Morgan fingerprint density at radius 2 is 2.00 bits per heavy atom. The average molecular weight is 214 g/mol. The summed E-state index contributed by atoms with van der Waals surface area (Å²) < 4.78 is 49.4. The normalized spacial score (nSPS) is 10.9. The van der Waals surface area contributed by atoms with Crippen molar-refractivity contribution in [2.45, 2.75) is 12.3 Å². The van der Waals surface area contributed by atoms with E-state index >= 15 is 0 Å². The third-order valence-corrected chi connectivity index (χ3v) is 1.75. The molecule has 1 nitrogen and oxygen atoms in total. The summed E-state index contributed by atoms with van der Waals surface area (Å²) >= 11 is 5.24. The van der Waals surface area contributed by atoms with Crippen LogP contribution < -0.4 is 0 Å². The number of pyridine rings is 1. The van der Waals surface area contributed by atoms with Crippen LogP contribution in [0.1, 0.15) is 17.6 Å². The smallest absolute Gasteiger partial charge is 0.225 e. The molecule has 0 saturated heterocycles. The Labute approximate surface area is 76.3 Å². The lowest BCUT2D eigenvalue weighted by Crippen LogP contribution is -2.02. The van der Waals surface area contributed by atoms with Crippen LogP contribution in [-0.4, -0.2) is 4.98 Å². The monoisotopic (exact) mass is 213 g/mol. The van der Waals surface area contributed by atoms with Crippen molar-refractivity contribution in [3.8, 4) is 0 Å². The molecule has 1 rings (SSSR count). The van der Waals surface area contributed by atoms with Gasteiger partial charge in [0.15, 0.2) is 5.82 Å². The summed E-state index contributed by atoms with van der Waals surface area (Å²) in [5.74, 6) is -3.50. The molecule has 0 fully saturated rings. The Kier molecular flexibility index (Phi) is 3.08. The van der Waals surface area contributed by atoms with Crippen molar-refractivity contribution in [3.05, 3.63) is 29.1 Å². The number of halogens is 5. The zero-order valence-corrected chi connectivity index (χ0v) is 6.95. The predicted octanol–water partition coefficient (Wildman–Crippen LogP) is 3.04. The van der Waals surface area contributed by atoms with Crippen LogP contribution in [0.25, 0.3) is 0 Å². The fourth-order valence-corrected chi connectivity index (χ4v) is 1.07. The molecule has 72 valence electrons. The van der Waals surface area contributed by atoms with Crippen LogP contribution in [0, 0.1) is 11.8 Å². The molecule has 13 heavy (non-hydrogen) atoms. The first-order valence-electron chi connectivity index (χ1n) is 3.24. The van der Waals surface area contributed by atoms with E-state index in [1.54, 1.807) is 0 Å². The first-order chi connectivity index (χ1) is 6.07. The Balaban J connectivity index is 3.32. The highest BCUT2D eigenvalue weighted by Gasteiger charge is 2.21. The van der Waals surface area contributed by atoms with Gasteiger partial charge in [-0.1, -0.05) is 0 Å². The highest BCUT2D eigenvalue weighted by molar-refractivity contribution is 6.17. The summed E-state index contributed by atoms with van der Waals surface area (Å²) in [7, 11) is 0. The molecule has 0 amide bonds. The summed E-state index contributed by atoms with van der Waals surface area (Å²) in [6, 6.07) is 0. The topological polar surface area (TPSA) is 12.9 Å². The van der Waals surface area contributed by atoms with E-state index in [4.69, 9.17) is 11.6 Å². The van der Waals surface area contributed by atoms with Gasteiger partial charge >= 0.3 is 0 Å². The third-order valence-electron chi connectivity index (χ3n) is 1.46. The molecule has 0 aliphatic heterocycles. The lowest BCUT2D eigenvalue weighted by molar-refractivity contribution is 0.143. The maximum atomic E-state index is 12.7. The van der Waals surface area contributed by atoms with Crippen LogP contribution in [0.2, 0.25) is 0 Å². The fourth-order valence-electron chi connectivity index (χ4n) is 0.855. The zero-order chi connectivity index (χ0) is 10.0. The van der Waals surface area contributed by atoms with Crippen LogP contribution >= 0.6 is 11.6 Å². The van der Waals surface area contributed by atoms with Crippen LogP contribution in [0.5, 0.6) is 0 Å². The van der Waals surface area contributed by atoms with Gasteiger partial charge in [0.2, 0.25) is 5.95 Å². The second kappa shape index (κ2) is 3.91. The van der Waals surface area contributed by atoms with Gasteiger partial charge < -0.3 is 0 Å². The predicted molar refractivity (Wildman–Crippen MR) is 38.7 cm³/mol. The van der Waals surface area contributed by atoms with E-state index in [0.29, 0.717) is 0 Å². The van der Waals surface area contributed by atoms with Crippen molar-refractivity contribution in [3.63, 3.8) is 0 Å². The Hall–Kier alpha value is -0.840. The van der Waals surface area contributed by atoms with Gasteiger partial charge in [0.1, 0.15) is 0 Å². The van der Waals surface area contributed by atoms with Gasteiger partial charge in [-0.15, -0.1) is 11.6 Å². The van der Waals surface area contributed by atoms with E-state index in [1.807, 2.05) is 0 Å². The maximum Gasteiger partial charge on any atom is 0.267 e. The van der Waals surface area contributed by atoms with Gasteiger partial charge in [-0.25, -0.2) is 18.2 Å². The molecule has 0 N–H and O–H groups in total. The molecule has 1 heterocycles. The molecule has 0 aliphatic carbocycles. The van der Waals surface area contributed by atoms with E-state index in [-0.39, 0.29) is 11.4 Å². The van der Waals surface area contributed by atoms with Gasteiger partial charge in [0.05, 0.1) is 5.56 Å². The van der Waals surface area contributed by atoms with Crippen molar-refractivity contribution in [2.75, 3.05) is 0 Å². The van der Waals surface area contributed by atoms with Gasteiger partial charge in [0.25, 0.3) is 6.43 Å². The van der Waals surface area contributed by atoms with E-state index in [0.717, 1.165) is 6.20 Å². The Morgan fingerprint density at radius 3 is 2.46 bits per heavy atom.